The van der Waals surface area contributed by atoms with Crippen LogP contribution in [0, 0.1) is 6.92 Å². The van der Waals surface area contributed by atoms with E-state index in [2.05, 4.69) is 5.16 Å². The smallest absolute Gasteiger partial charge is 0.0736 e. The molecule has 10 heavy (non-hydrogen) atoms. The van der Waals surface area contributed by atoms with Crippen LogP contribution in [0.25, 0.3) is 0 Å². The van der Waals surface area contributed by atoms with E-state index in [1.54, 1.807) is 0 Å². The number of oxime groups is 1. The van der Waals surface area contributed by atoms with Gasteiger partial charge in [-0.25, -0.2) is 0 Å². The van der Waals surface area contributed by atoms with Crippen molar-refractivity contribution in [2.24, 2.45) is 5.16 Å². The van der Waals surface area contributed by atoms with Gasteiger partial charge in [0.25, 0.3) is 0 Å². The summed E-state index contributed by atoms with van der Waals surface area (Å²) in [6.07, 6.45) is 1.43. The summed E-state index contributed by atoms with van der Waals surface area (Å²) < 4.78 is 0. The largest absolute Gasteiger partial charge is 0.411 e. The van der Waals surface area contributed by atoms with E-state index in [0.29, 0.717) is 0 Å². The average Bonchev–Trinajstić information content (AvgIpc) is 1.94. The van der Waals surface area contributed by atoms with Gasteiger partial charge in [-0.1, -0.05) is 29.4 Å². The van der Waals surface area contributed by atoms with Crippen molar-refractivity contribution in [3.05, 3.63) is 35.4 Å². The molecule has 0 fully saturated rings. The summed E-state index contributed by atoms with van der Waals surface area (Å²) >= 11 is 0. The summed E-state index contributed by atoms with van der Waals surface area (Å²) in [5.41, 5.74) is 2.06. The highest BCUT2D eigenvalue weighted by molar-refractivity contribution is 5.80. The molecule has 0 bridgehead atoms. The van der Waals surface area contributed by atoms with Crippen molar-refractivity contribution in [1.82, 2.24) is 0 Å². The van der Waals surface area contributed by atoms with Crippen LogP contribution in [0.3, 0.4) is 0 Å². The van der Waals surface area contributed by atoms with Gasteiger partial charge in [0.2, 0.25) is 0 Å². The third-order valence-corrected chi connectivity index (χ3v) is 1.39. The molecule has 0 saturated carbocycles. The first kappa shape index (κ1) is 6.81. The summed E-state index contributed by atoms with van der Waals surface area (Å²) in [4.78, 5) is 0. The zero-order chi connectivity index (χ0) is 7.40. The van der Waals surface area contributed by atoms with Crippen molar-refractivity contribution >= 4 is 6.21 Å². The Balaban J connectivity index is 3.03. The standard InChI is InChI=1S/C8H9NO/c1-7-4-2-3-5-8(7)6-9-10/h2-6,10H,1H3/b9-6+. The van der Waals surface area contributed by atoms with Crippen molar-refractivity contribution < 1.29 is 5.21 Å². The molecule has 1 aromatic rings. The molecule has 1 N–H and O–H groups in total. The Kier molecular flexibility index (Phi) is 2.05. The Morgan fingerprint density at radius 2 is 2.10 bits per heavy atom. The molecule has 0 aliphatic heterocycles. The van der Waals surface area contributed by atoms with Gasteiger partial charge in [-0.2, -0.15) is 0 Å². The molecule has 0 heterocycles. The first-order valence-corrected chi connectivity index (χ1v) is 3.07. The molecule has 0 unspecified atom stereocenters. The van der Waals surface area contributed by atoms with Crippen molar-refractivity contribution in [3.63, 3.8) is 0 Å². The maximum atomic E-state index is 8.21. The highest BCUT2D eigenvalue weighted by atomic mass is 16.4. The van der Waals surface area contributed by atoms with E-state index in [0.717, 1.165) is 11.1 Å². The molecule has 0 spiro atoms. The zero-order valence-corrected chi connectivity index (χ0v) is 5.78. The van der Waals surface area contributed by atoms with Crippen LogP contribution in [-0.2, 0) is 0 Å². The SMILES string of the molecule is Cc1ccccc1/C=N/O. The number of aryl methyl sites for hydroxylation is 1. The Bertz CT molecular complexity index is 243. The minimum absolute atomic E-state index is 0.949. The molecule has 0 atom stereocenters. The van der Waals surface area contributed by atoms with E-state index in [1.165, 1.54) is 6.21 Å². The maximum Gasteiger partial charge on any atom is 0.0736 e. The molecular weight excluding hydrogens is 126 g/mol. The lowest BCUT2D eigenvalue weighted by atomic mass is 10.1. The van der Waals surface area contributed by atoms with Crippen molar-refractivity contribution in [1.29, 1.82) is 0 Å². The first-order valence-electron chi connectivity index (χ1n) is 3.07. The lowest BCUT2D eigenvalue weighted by Gasteiger charge is -1.94. The van der Waals surface area contributed by atoms with Gasteiger partial charge >= 0.3 is 0 Å². The molecule has 0 aliphatic rings. The molecule has 0 saturated heterocycles. The molecule has 2 heteroatoms. The lowest BCUT2D eigenvalue weighted by molar-refractivity contribution is 0.322. The van der Waals surface area contributed by atoms with Crippen LogP contribution in [0.1, 0.15) is 11.1 Å². The number of benzene rings is 1. The van der Waals surface area contributed by atoms with Crippen molar-refractivity contribution in [2.45, 2.75) is 6.92 Å². The first-order chi connectivity index (χ1) is 4.84. The fourth-order valence-electron chi connectivity index (χ4n) is 0.794. The van der Waals surface area contributed by atoms with Crippen LogP contribution in [0.5, 0.6) is 0 Å². The Labute approximate surface area is 59.8 Å². The maximum absolute atomic E-state index is 8.21. The number of hydrogen-bond donors (Lipinski definition) is 1. The highest BCUT2D eigenvalue weighted by Crippen LogP contribution is 2.02. The van der Waals surface area contributed by atoms with Gasteiger partial charge in [0, 0.05) is 0 Å². The Morgan fingerprint density at radius 1 is 1.40 bits per heavy atom. The van der Waals surface area contributed by atoms with Crippen LogP contribution in [0.15, 0.2) is 29.4 Å². The Hall–Kier alpha value is -1.31. The third kappa shape index (κ3) is 1.35. The minimum atomic E-state index is 0.949. The fourth-order valence-corrected chi connectivity index (χ4v) is 0.794. The van der Waals surface area contributed by atoms with E-state index in [-0.39, 0.29) is 0 Å². The second kappa shape index (κ2) is 3.01. The van der Waals surface area contributed by atoms with Crippen LogP contribution in [0.2, 0.25) is 0 Å². The highest BCUT2D eigenvalue weighted by Gasteiger charge is 1.89. The van der Waals surface area contributed by atoms with Gasteiger partial charge < -0.3 is 5.21 Å². The van der Waals surface area contributed by atoms with Gasteiger partial charge in [-0.3, -0.25) is 0 Å². The van der Waals surface area contributed by atoms with Crippen LogP contribution in [0.4, 0.5) is 0 Å². The fraction of sp³-hybridized carbons (Fsp3) is 0.125. The van der Waals surface area contributed by atoms with Gasteiger partial charge in [0.1, 0.15) is 0 Å². The topological polar surface area (TPSA) is 32.6 Å². The molecule has 52 valence electrons. The zero-order valence-electron chi connectivity index (χ0n) is 5.78. The molecule has 2 nitrogen and oxygen atoms in total. The predicted octanol–water partition coefficient (Wildman–Crippen LogP) is 1.80. The number of nitrogens with zero attached hydrogens (tertiary/aromatic N) is 1. The average molecular weight is 135 g/mol. The molecule has 0 amide bonds. The molecule has 1 aromatic carbocycles. The van der Waals surface area contributed by atoms with E-state index < -0.39 is 0 Å². The van der Waals surface area contributed by atoms with Gasteiger partial charge in [-0.15, -0.1) is 0 Å². The predicted molar refractivity (Wildman–Crippen MR) is 40.6 cm³/mol. The molecule has 0 radical (unpaired) electrons. The van der Waals surface area contributed by atoms with E-state index >= 15 is 0 Å². The minimum Gasteiger partial charge on any atom is -0.411 e. The second-order valence-electron chi connectivity index (χ2n) is 2.10. The van der Waals surface area contributed by atoms with Crippen LogP contribution in [-0.4, -0.2) is 11.4 Å². The molecule has 0 aromatic heterocycles. The van der Waals surface area contributed by atoms with E-state index in [1.807, 2.05) is 31.2 Å². The van der Waals surface area contributed by atoms with Gasteiger partial charge in [0.15, 0.2) is 0 Å². The third-order valence-electron chi connectivity index (χ3n) is 1.39. The quantitative estimate of drug-likeness (QED) is 0.355. The number of rotatable bonds is 1. The summed E-state index contributed by atoms with van der Waals surface area (Å²) in [6, 6.07) is 7.72. The summed E-state index contributed by atoms with van der Waals surface area (Å²) in [7, 11) is 0. The Morgan fingerprint density at radius 3 is 2.70 bits per heavy atom. The van der Waals surface area contributed by atoms with Crippen LogP contribution < -0.4 is 0 Å². The van der Waals surface area contributed by atoms with E-state index in [4.69, 9.17) is 5.21 Å². The van der Waals surface area contributed by atoms with Gasteiger partial charge in [-0.05, 0) is 18.1 Å². The van der Waals surface area contributed by atoms with Crippen molar-refractivity contribution in [2.75, 3.05) is 0 Å². The number of hydrogen-bond acceptors (Lipinski definition) is 2. The lowest BCUT2D eigenvalue weighted by Crippen LogP contribution is -1.84. The van der Waals surface area contributed by atoms with E-state index in [9.17, 15) is 0 Å². The van der Waals surface area contributed by atoms with Gasteiger partial charge in [0.05, 0.1) is 6.21 Å². The molecule has 1 rings (SSSR count). The van der Waals surface area contributed by atoms with Crippen LogP contribution >= 0.6 is 0 Å². The summed E-state index contributed by atoms with van der Waals surface area (Å²) in [5.74, 6) is 0. The summed E-state index contributed by atoms with van der Waals surface area (Å²) in [5, 5.41) is 11.2. The second-order valence-corrected chi connectivity index (χ2v) is 2.10. The van der Waals surface area contributed by atoms with Crippen molar-refractivity contribution in [3.8, 4) is 0 Å². The normalized spacial score (nSPS) is 10.5. The molecular formula is C8H9NO. The molecule has 0 aliphatic carbocycles. The summed E-state index contributed by atoms with van der Waals surface area (Å²) in [6.45, 7) is 1.97. The monoisotopic (exact) mass is 135 g/mol.